The fraction of sp³-hybridized carbons (Fsp3) is 0.562. The lowest BCUT2D eigenvalue weighted by Crippen LogP contribution is -2.49. The molecule has 0 bridgehead atoms. The molecule has 1 N–H and O–H groups in total. The van der Waals surface area contributed by atoms with Crippen LogP contribution in [0.1, 0.15) is 31.7 Å². The molecule has 2 fully saturated rings. The first-order chi connectivity index (χ1) is 10.5. The van der Waals surface area contributed by atoms with Gasteiger partial charge in [-0.25, -0.2) is 13.2 Å². The van der Waals surface area contributed by atoms with Crippen LogP contribution in [0, 0.1) is 0 Å². The molecule has 6 heteroatoms. The Kier molecular flexibility index (Phi) is 3.89. The van der Waals surface area contributed by atoms with Crippen LogP contribution in [0.4, 0.5) is 4.79 Å². The number of nitrogens with one attached hydrogen (secondary N) is 1. The van der Waals surface area contributed by atoms with Crippen molar-refractivity contribution in [2.24, 2.45) is 0 Å². The van der Waals surface area contributed by atoms with E-state index in [1.165, 1.54) is 0 Å². The third-order valence-corrected chi connectivity index (χ3v) is 6.42. The molecule has 3 rings (SSSR count). The lowest BCUT2D eigenvalue weighted by atomic mass is 10.1. The number of carbonyl (C=O) groups is 1. The topological polar surface area (TPSA) is 66.5 Å². The molecular weight excluding hydrogens is 300 g/mol. The van der Waals surface area contributed by atoms with Gasteiger partial charge in [0.2, 0.25) is 0 Å². The molecule has 1 aromatic rings. The van der Waals surface area contributed by atoms with Gasteiger partial charge in [0.05, 0.1) is 17.0 Å². The molecule has 22 heavy (non-hydrogen) atoms. The summed E-state index contributed by atoms with van der Waals surface area (Å²) in [7, 11) is -2.99. The first-order valence-corrected chi connectivity index (χ1v) is 9.63. The third kappa shape index (κ3) is 2.97. The van der Waals surface area contributed by atoms with Crippen molar-refractivity contribution >= 4 is 15.9 Å². The van der Waals surface area contributed by atoms with Crippen LogP contribution in [0.15, 0.2) is 30.3 Å². The number of amides is 2. The Morgan fingerprint density at radius 2 is 2.00 bits per heavy atom. The summed E-state index contributed by atoms with van der Waals surface area (Å²) in [6.45, 7) is 2.42. The second-order valence-electron chi connectivity index (χ2n) is 6.22. The third-order valence-electron chi connectivity index (χ3n) is 4.67. The molecule has 1 unspecified atom stereocenters. The molecular formula is C16H22N2O3S. The quantitative estimate of drug-likeness (QED) is 0.920. The number of sulfone groups is 1. The van der Waals surface area contributed by atoms with E-state index in [0.717, 1.165) is 18.4 Å². The van der Waals surface area contributed by atoms with Crippen LogP contribution < -0.4 is 5.32 Å². The van der Waals surface area contributed by atoms with Crippen molar-refractivity contribution in [2.75, 3.05) is 18.1 Å². The predicted octanol–water partition coefficient (Wildman–Crippen LogP) is 1.89. The van der Waals surface area contributed by atoms with Gasteiger partial charge < -0.3 is 10.2 Å². The molecule has 1 aromatic carbocycles. The predicted molar refractivity (Wildman–Crippen MR) is 85.3 cm³/mol. The van der Waals surface area contributed by atoms with E-state index in [4.69, 9.17) is 0 Å². The summed E-state index contributed by atoms with van der Waals surface area (Å²) in [4.78, 5) is 14.3. The first-order valence-electron chi connectivity index (χ1n) is 7.80. The lowest BCUT2D eigenvalue weighted by molar-refractivity contribution is 0.178. The van der Waals surface area contributed by atoms with Gasteiger partial charge >= 0.3 is 6.03 Å². The summed E-state index contributed by atoms with van der Waals surface area (Å²) in [6, 6.07) is 9.63. The molecule has 0 spiro atoms. The van der Waals surface area contributed by atoms with Crippen LogP contribution in [0.3, 0.4) is 0 Å². The van der Waals surface area contributed by atoms with E-state index in [1.54, 1.807) is 4.90 Å². The summed E-state index contributed by atoms with van der Waals surface area (Å²) in [5.74, 6) is 0.276. The van der Waals surface area contributed by atoms with Gasteiger partial charge in [-0.2, -0.15) is 0 Å². The smallest absolute Gasteiger partial charge is 0.318 e. The first kappa shape index (κ1) is 15.3. The zero-order valence-corrected chi connectivity index (χ0v) is 13.6. The van der Waals surface area contributed by atoms with Gasteiger partial charge in [-0.1, -0.05) is 30.3 Å². The molecule has 1 heterocycles. The lowest BCUT2D eigenvalue weighted by Gasteiger charge is -2.30. The van der Waals surface area contributed by atoms with E-state index in [0.29, 0.717) is 13.0 Å². The zero-order valence-electron chi connectivity index (χ0n) is 12.8. The molecule has 1 saturated carbocycles. The highest BCUT2D eigenvalue weighted by Crippen LogP contribution is 2.45. The Hall–Kier alpha value is -1.56. The van der Waals surface area contributed by atoms with Gasteiger partial charge in [-0.3, -0.25) is 0 Å². The van der Waals surface area contributed by atoms with Crippen LogP contribution in [0.2, 0.25) is 0 Å². The summed E-state index contributed by atoms with van der Waals surface area (Å²) in [5.41, 5.74) is 0.863. The van der Waals surface area contributed by atoms with E-state index in [2.05, 4.69) is 5.32 Å². The fourth-order valence-corrected chi connectivity index (χ4v) is 4.96. The number of hydrogen-bond donors (Lipinski definition) is 1. The Morgan fingerprint density at radius 3 is 2.50 bits per heavy atom. The molecule has 120 valence electrons. The van der Waals surface area contributed by atoms with E-state index >= 15 is 0 Å². The SMILES string of the molecule is CCN(C(=O)NC1(c2ccccc2)CC1)C1CCS(=O)(=O)C1. The summed E-state index contributed by atoms with van der Waals surface area (Å²) in [5, 5.41) is 3.13. The van der Waals surface area contributed by atoms with Crippen LogP contribution >= 0.6 is 0 Å². The van der Waals surface area contributed by atoms with Crippen molar-refractivity contribution in [1.82, 2.24) is 10.2 Å². The van der Waals surface area contributed by atoms with E-state index in [9.17, 15) is 13.2 Å². The summed E-state index contributed by atoms with van der Waals surface area (Å²) in [6.07, 6.45) is 2.41. The average molecular weight is 322 g/mol. The van der Waals surface area contributed by atoms with Crippen molar-refractivity contribution in [1.29, 1.82) is 0 Å². The minimum atomic E-state index is -2.99. The fourth-order valence-electron chi connectivity index (χ4n) is 3.23. The summed E-state index contributed by atoms with van der Waals surface area (Å²) >= 11 is 0. The van der Waals surface area contributed by atoms with E-state index < -0.39 is 9.84 Å². The maximum Gasteiger partial charge on any atom is 0.318 e. The summed E-state index contributed by atoms with van der Waals surface area (Å²) < 4.78 is 23.3. The molecule has 1 atom stereocenters. The Labute approximate surface area is 131 Å². The number of carbonyl (C=O) groups excluding carboxylic acids is 1. The molecule has 2 aliphatic rings. The van der Waals surface area contributed by atoms with Gasteiger partial charge in [0, 0.05) is 12.6 Å². The molecule has 2 amide bonds. The molecule has 1 saturated heterocycles. The van der Waals surface area contributed by atoms with E-state index in [-0.39, 0.29) is 29.1 Å². The van der Waals surface area contributed by atoms with Crippen molar-refractivity contribution in [2.45, 2.75) is 37.8 Å². The van der Waals surface area contributed by atoms with Crippen molar-refractivity contribution in [3.63, 3.8) is 0 Å². The highest BCUT2D eigenvalue weighted by molar-refractivity contribution is 7.91. The van der Waals surface area contributed by atoms with Gasteiger partial charge in [0.1, 0.15) is 0 Å². The molecule has 0 radical (unpaired) electrons. The van der Waals surface area contributed by atoms with Gasteiger partial charge in [0.15, 0.2) is 9.84 Å². The zero-order chi connectivity index (χ0) is 15.8. The van der Waals surface area contributed by atoms with Crippen molar-refractivity contribution < 1.29 is 13.2 Å². The highest BCUT2D eigenvalue weighted by atomic mass is 32.2. The second-order valence-corrected chi connectivity index (χ2v) is 8.45. The molecule has 5 nitrogen and oxygen atoms in total. The highest BCUT2D eigenvalue weighted by Gasteiger charge is 2.47. The maximum atomic E-state index is 12.6. The average Bonchev–Trinajstić information content (AvgIpc) is 3.18. The largest absolute Gasteiger partial charge is 0.328 e. The van der Waals surface area contributed by atoms with E-state index in [1.807, 2.05) is 37.3 Å². The maximum absolute atomic E-state index is 12.6. The van der Waals surface area contributed by atoms with Gasteiger partial charge in [-0.05, 0) is 31.7 Å². The Morgan fingerprint density at radius 1 is 1.32 bits per heavy atom. The standard InChI is InChI=1S/C16H22N2O3S/c1-2-18(14-8-11-22(20,21)12-14)15(19)17-16(9-10-16)13-6-4-3-5-7-13/h3-7,14H,2,8-12H2,1H3,(H,17,19). The minimum absolute atomic E-state index is 0.0899. The monoisotopic (exact) mass is 322 g/mol. The molecule has 1 aliphatic carbocycles. The van der Waals surface area contributed by atoms with Crippen LogP contribution in [-0.4, -0.2) is 43.4 Å². The number of nitrogens with zero attached hydrogens (tertiary/aromatic N) is 1. The number of benzene rings is 1. The molecule has 0 aromatic heterocycles. The normalized spacial score (nSPS) is 24.7. The number of hydrogen-bond acceptors (Lipinski definition) is 3. The number of urea groups is 1. The molecule has 1 aliphatic heterocycles. The van der Waals surface area contributed by atoms with Crippen molar-refractivity contribution in [3.8, 4) is 0 Å². The van der Waals surface area contributed by atoms with Gasteiger partial charge in [0.25, 0.3) is 0 Å². The van der Waals surface area contributed by atoms with Crippen LogP contribution in [0.5, 0.6) is 0 Å². The van der Waals surface area contributed by atoms with Crippen LogP contribution in [-0.2, 0) is 15.4 Å². The Bertz CT molecular complexity index is 653. The number of rotatable bonds is 4. The van der Waals surface area contributed by atoms with Crippen molar-refractivity contribution in [3.05, 3.63) is 35.9 Å². The Balaban J connectivity index is 1.71. The minimum Gasteiger partial charge on any atom is -0.328 e. The van der Waals surface area contributed by atoms with Gasteiger partial charge in [-0.15, -0.1) is 0 Å². The second kappa shape index (κ2) is 5.57. The van der Waals surface area contributed by atoms with Crippen LogP contribution in [0.25, 0.3) is 0 Å².